The van der Waals surface area contributed by atoms with Crippen molar-refractivity contribution in [2.75, 3.05) is 31.2 Å². The van der Waals surface area contributed by atoms with Gasteiger partial charge in [-0.1, -0.05) is 13.3 Å². The second-order valence-corrected chi connectivity index (χ2v) is 8.76. The van der Waals surface area contributed by atoms with E-state index in [4.69, 9.17) is 4.74 Å². The molecule has 0 spiro atoms. The van der Waals surface area contributed by atoms with Crippen LogP contribution in [-0.4, -0.2) is 79.2 Å². The molecule has 146 valence electrons. The van der Waals surface area contributed by atoms with E-state index in [2.05, 4.69) is 0 Å². The number of imide groups is 1. The Kier molecular flexibility index (Phi) is 6.74. The number of rotatable bonds is 8. The average Bonchev–Trinajstić information content (AvgIpc) is 3.09. The SMILES string of the molecule is CCCCN(C(=O)COC(=O)CN1C(=O)CCC1=O)C1CCS(=O)(=O)C1. The highest BCUT2D eigenvalue weighted by atomic mass is 32.2. The van der Waals surface area contributed by atoms with Crippen LogP contribution in [0.4, 0.5) is 0 Å². The normalized spacial score (nSPS) is 21.9. The highest BCUT2D eigenvalue weighted by molar-refractivity contribution is 7.91. The van der Waals surface area contributed by atoms with E-state index >= 15 is 0 Å². The van der Waals surface area contributed by atoms with Gasteiger partial charge >= 0.3 is 5.97 Å². The summed E-state index contributed by atoms with van der Waals surface area (Å²) >= 11 is 0. The zero-order valence-corrected chi connectivity index (χ0v) is 15.6. The molecule has 2 fully saturated rings. The third-order valence-electron chi connectivity index (χ3n) is 4.52. The van der Waals surface area contributed by atoms with Crippen LogP contribution in [0.25, 0.3) is 0 Å². The van der Waals surface area contributed by atoms with Gasteiger partial charge in [-0.05, 0) is 12.8 Å². The molecule has 0 saturated carbocycles. The molecule has 1 atom stereocenters. The van der Waals surface area contributed by atoms with E-state index in [0.717, 1.165) is 11.3 Å². The standard InChI is InChI=1S/C16H24N2O7S/c1-2-3-7-17(12-6-8-26(23,24)11-12)15(21)10-25-16(22)9-18-13(19)4-5-14(18)20/h12H,2-11H2,1H3. The van der Waals surface area contributed by atoms with Gasteiger partial charge in [0.1, 0.15) is 6.54 Å². The summed E-state index contributed by atoms with van der Waals surface area (Å²) in [5, 5.41) is 0. The van der Waals surface area contributed by atoms with Crippen LogP contribution in [0.1, 0.15) is 39.0 Å². The van der Waals surface area contributed by atoms with Gasteiger partial charge in [0.05, 0.1) is 11.5 Å². The largest absolute Gasteiger partial charge is 0.454 e. The fourth-order valence-electron chi connectivity index (χ4n) is 3.06. The maximum atomic E-state index is 12.4. The quantitative estimate of drug-likeness (QED) is 0.406. The van der Waals surface area contributed by atoms with Crippen molar-refractivity contribution in [3.8, 4) is 0 Å². The maximum Gasteiger partial charge on any atom is 0.326 e. The topological polar surface area (TPSA) is 118 Å². The van der Waals surface area contributed by atoms with Crippen molar-refractivity contribution >= 4 is 33.5 Å². The summed E-state index contributed by atoms with van der Waals surface area (Å²) in [5.41, 5.74) is 0. The summed E-state index contributed by atoms with van der Waals surface area (Å²) in [5.74, 6) is -2.19. The second-order valence-electron chi connectivity index (χ2n) is 6.53. The van der Waals surface area contributed by atoms with Crippen LogP contribution < -0.4 is 0 Å². The molecule has 2 aliphatic rings. The molecule has 26 heavy (non-hydrogen) atoms. The molecule has 2 aliphatic heterocycles. The van der Waals surface area contributed by atoms with E-state index in [0.29, 0.717) is 19.4 Å². The van der Waals surface area contributed by atoms with E-state index in [1.54, 1.807) is 0 Å². The van der Waals surface area contributed by atoms with Crippen molar-refractivity contribution in [3.05, 3.63) is 0 Å². The molecule has 0 aliphatic carbocycles. The first kappa shape index (κ1) is 20.3. The Labute approximate surface area is 152 Å². The summed E-state index contributed by atoms with van der Waals surface area (Å²) in [4.78, 5) is 49.5. The molecular weight excluding hydrogens is 364 g/mol. The highest BCUT2D eigenvalue weighted by Crippen LogP contribution is 2.19. The molecule has 9 nitrogen and oxygen atoms in total. The number of carbonyl (C=O) groups is 4. The lowest BCUT2D eigenvalue weighted by Gasteiger charge is -2.28. The fourth-order valence-corrected chi connectivity index (χ4v) is 4.79. The number of hydrogen-bond acceptors (Lipinski definition) is 7. The predicted molar refractivity (Wildman–Crippen MR) is 90.6 cm³/mol. The van der Waals surface area contributed by atoms with Gasteiger partial charge in [-0.15, -0.1) is 0 Å². The first-order chi connectivity index (χ1) is 12.2. The van der Waals surface area contributed by atoms with Crippen molar-refractivity contribution in [2.45, 2.75) is 45.1 Å². The van der Waals surface area contributed by atoms with E-state index in [1.807, 2.05) is 6.92 Å². The van der Waals surface area contributed by atoms with E-state index < -0.39 is 52.7 Å². The van der Waals surface area contributed by atoms with Crippen molar-refractivity contribution in [1.29, 1.82) is 0 Å². The molecule has 0 N–H and O–H groups in total. The van der Waals surface area contributed by atoms with Gasteiger partial charge in [0.2, 0.25) is 11.8 Å². The molecule has 2 heterocycles. The molecule has 0 aromatic carbocycles. The van der Waals surface area contributed by atoms with Gasteiger partial charge in [0, 0.05) is 25.4 Å². The monoisotopic (exact) mass is 388 g/mol. The van der Waals surface area contributed by atoms with Gasteiger partial charge < -0.3 is 9.64 Å². The molecule has 10 heteroatoms. The Morgan fingerprint density at radius 2 is 1.88 bits per heavy atom. The number of ether oxygens (including phenoxy) is 1. The maximum absolute atomic E-state index is 12.4. The minimum atomic E-state index is -3.14. The van der Waals surface area contributed by atoms with Crippen LogP contribution in [0, 0.1) is 0 Å². The summed E-state index contributed by atoms with van der Waals surface area (Å²) in [7, 11) is -3.14. The van der Waals surface area contributed by atoms with Gasteiger partial charge in [-0.25, -0.2) is 8.42 Å². The Bertz CT molecular complexity index is 673. The number of sulfone groups is 1. The molecule has 0 aromatic heterocycles. The smallest absolute Gasteiger partial charge is 0.326 e. The molecule has 2 rings (SSSR count). The fraction of sp³-hybridized carbons (Fsp3) is 0.750. The molecule has 0 bridgehead atoms. The van der Waals surface area contributed by atoms with Gasteiger partial charge in [0.25, 0.3) is 5.91 Å². The highest BCUT2D eigenvalue weighted by Gasteiger charge is 2.35. The van der Waals surface area contributed by atoms with Crippen LogP contribution in [0.3, 0.4) is 0 Å². The Balaban J connectivity index is 1.89. The van der Waals surface area contributed by atoms with Crippen LogP contribution in [0.5, 0.6) is 0 Å². The van der Waals surface area contributed by atoms with Crippen LogP contribution >= 0.6 is 0 Å². The van der Waals surface area contributed by atoms with Crippen molar-refractivity contribution < 1.29 is 32.3 Å². The lowest BCUT2D eigenvalue weighted by molar-refractivity contribution is -0.156. The minimum Gasteiger partial charge on any atom is -0.454 e. The number of carbonyl (C=O) groups excluding carboxylic acids is 4. The Hall–Kier alpha value is -1.97. The molecule has 0 radical (unpaired) electrons. The molecule has 1 unspecified atom stereocenters. The lowest BCUT2D eigenvalue weighted by Crippen LogP contribution is -2.44. The Morgan fingerprint density at radius 1 is 1.23 bits per heavy atom. The van der Waals surface area contributed by atoms with Crippen molar-refractivity contribution in [2.24, 2.45) is 0 Å². The number of hydrogen-bond donors (Lipinski definition) is 0. The molecular formula is C16H24N2O7S. The van der Waals surface area contributed by atoms with E-state index in [1.165, 1.54) is 4.90 Å². The van der Waals surface area contributed by atoms with Crippen LogP contribution in [-0.2, 0) is 33.8 Å². The van der Waals surface area contributed by atoms with E-state index in [9.17, 15) is 27.6 Å². The lowest BCUT2D eigenvalue weighted by atomic mass is 10.2. The van der Waals surface area contributed by atoms with Crippen LogP contribution in [0.15, 0.2) is 0 Å². The summed E-state index contributed by atoms with van der Waals surface area (Å²) in [6, 6.07) is -0.403. The second kappa shape index (κ2) is 8.61. The van der Waals surface area contributed by atoms with Gasteiger partial charge in [-0.2, -0.15) is 0 Å². The predicted octanol–water partition coefficient (Wildman–Crippen LogP) is -0.506. The third kappa shape index (κ3) is 5.26. The number of likely N-dealkylation sites (tertiary alicyclic amines) is 1. The van der Waals surface area contributed by atoms with Crippen molar-refractivity contribution in [1.82, 2.24) is 9.80 Å². The van der Waals surface area contributed by atoms with Gasteiger partial charge in [0.15, 0.2) is 16.4 Å². The molecule has 3 amide bonds. The minimum absolute atomic E-state index is 0.0482. The van der Waals surface area contributed by atoms with Crippen LogP contribution in [0.2, 0.25) is 0 Å². The molecule has 0 aromatic rings. The summed E-state index contributed by atoms with van der Waals surface area (Å²) in [6.07, 6.45) is 2.08. The third-order valence-corrected chi connectivity index (χ3v) is 6.27. The zero-order valence-electron chi connectivity index (χ0n) is 14.8. The summed E-state index contributed by atoms with van der Waals surface area (Å²) in [6.45, 7) is 1.32. The van der Waals surface area contributed by atoms with Gasteiger partial charge in [-0.3, -0.25) is 24.1 Å². The number of amides is 3. The number of unbranched alkanes of at least 4 members (excludes halogenated alkanes) is 1. The number of nitrogens with zero attached hydrogens (tertiary/aromatic N) is 2. The Morgan fingerprint density at radius 3 is 2.42 bits per heavy atom. The zero-order chi connectivity index (χ0) is 19.3. The summed E-state index contributed by atoms with van der Waals surface area (Å²) < 4.78 is 28.2. The average molecular weight is 388 g/mol. The number of esters is 1. The van der Waals surface area contributed by atoms with Crippen molar-refractivity contribution in [3.63, 3.8) is 0 Å². The first-order valence-electron chi connectivity index (χ1n) is 8.72. The molecule has 2 saturated heterocycles. The first-order valence-corrected chi connectivity index (χ1v) is 10.5. The van der Waals surface area contributed by atoms with E-state index in [-0.39, 0.29) is 24.3 Å².